The van der Waals surface area contributed by atoms with Crippen molar-refractivity contribution >= 4 is 46.4 Å². The summed E-state index contributed by atoms with van der Waals surface area (Å²) in [5.41, 5.74) is 1.71. The number of amides is 1. The lowest BCUT2D eigenvalue weighted by molar-refractivity contribution is -0.138. The number of hydrogen-bond donors (Lipinski definition) is 1. The van der Waals surface area contributed by atoms with Crippen molar-refractivity contribution in [1.82, 2.24) is 0 Å². The van der Waals surface area contributed by atoms with Gasteiger partial charge >= 0.3 is 5.97 Å². The first-order valence-electron chi connectivity index (χ1n) is 9.38. The number of aryl methyl sites for hydroxylation is 1. The fourth-order valence-electron chi connectivity index (χ4n) is 2.88. The van der Waals surface area contributed by atoms with Crippen LogP contribution in [-0.4, -0.2) is 35.7 Å². The number of hydrogen-bond acceptors (Lipinski definition) is 6. The Morgan fingerprint density at radius 2 is 1.97 bits per heavy atom. The number of methoxy groups -OCH3 is 1. The van der Waals surface area contributed by atoms with Gasteiger partial charge in [-0.2, -0.15) is 0 Å². The quantitative estimate of drug-likeness (QED) is 0.608. The minimum atomic E-state index is -0.750. The molecule has 0 radical (unpaired) electrons. The van der Waals surface area contributed by atoms with Crippen LogP contribution >= 0.6 is 23.4 Å². The molecule has 3 rings (SSSR count). The van der Waals surface area contributed by atoms with E-state index in [1.807, 2.05) is 6.07 Å². The van der Waals surface area contributed by atoms with Gasteiger partial charge in [0.2, 0.25) is 0 Å². The Kier molecular flexibility index (Phi) is 7.20. The van der Waals surface area contributed by atoms with Crippen LogP contribution in [-0.2, 0) is 9.53 Å². The Labute approximate surface area is 189 Å². The van der Waals surface area contributed by atoms with Gasteiger partial charge in [-0.15, -0.1) is 0 Å². The number of nitrogens with zero attached hydrogens (tertiary/aromatic N) is 1. The van der Waals surface area contributed by atoms with Crippen LogP contribution in [0.5, 0.6) is 5.75 Å². The third kappa shape index (κ3) is 5.00. The Morgan fingerprint density at radius 1 is 1.23 bits per heavy atom. The first-order valence-corrected chi connectivity index (χ1v) is 10.6. The monoisotopic (exact) mass is 457 g/mol. The lowest BCUT2D eigenvalue weighted by Crippen LogP contribution is -2.14. The highest BCUT2D eigenvalue weighted by Crippen LogP contribution is 2.40. The van der Waals surface area contributed by atoms with Crippen molar-refractivity contribution in [1.29, 1.82) is 0 Å². The van der Waals surface area contributed by atoms with Crippen molar-refractivity contribution in [2.75, 3.05) is 13.7 Å². The number of halogens is 1. The molecule has 0 aromatic heterocycles. The summed E-state index contributed by atoms with van der Waals surface area (Å²) in [7, 11) is 1.51. The minimum Gasteiger partial charge on any atom is -0.506 e. The number of carbonyl (C=O) groups excluding carboxylic acids is 2. The molecule has 0 unspecified atom stereocenters. The molecule has 6 nitrogen and oxygen atoms in total. The summed E-state index contributed by atoms with van der Waals surface area (Å²) in [4.78, 5) is 29.7. The summed E-state index contributed by atoms with van der Waals surface area (Å²) in [5.74, 6) is -1.04. The van der Waals surface area contributed by atoms with Crippen LogP contribution in [0.25, 0.3) is 6.08 Å². The van der Waals surface area contributed by atoms with Crippen LogP contribution < -0.4 is 4.74 Å². The Balaban J connectivity index is 2.03. The zero-order chi connectivity index (χ0) is 22.5. The van der Waals surface area contributed by atoms with Gasteiger partial charge in [-0.05, 0) is 49.2 Å². The van der Waals surface area contributed by atoms with E-state index < -0.39 is 11.9 Å². The molecule has 1 aliphatic heterocycles. The first kappa shape index (κ1) is 22.7. The summed E-state index contributed by atoms with van der Waals surface area (Å²) in [6.45, 7) is 3.57. The van der Waals surface area contributed by atoms with Gasteiger partial charge in [-0.1, -0.05) is 47.6 Å². The predicted octanol–water partition coefficient (Wildman–Crippen LogP) is 5.36. The van der Waals surface area contributed by atoms with E-state index in [0.717, 1.165) is 17.3 Å². The topological polar surface area (TPSA) is 85.2 Å². The normalized spacial score (nSPS) is 16.1. The molecule has 2 aromatic rings. The summed E-state index contributed by atoms with van der Waals surface area (Å²) in [6, 6.07) is 12.1. The van der Waals surface area contributed by atoms with E-state index in [9.17, 15) is 14.7 Å². The summed E-state index contributed by atoms with van der Waals surface area (Å²) in [5, 5.41) is 11.2. The second kappa shape index (κ2) is 9.85. The van der Waals surface area contributed by atoms with Gasteiger partial charge in [0.05, 0.1) is 23.6 Å². The summed E-state index contributed by atoms with van der Waals surface area (Å²) in [6.07, 6.45) is 1.64. The molecule has 0 atom stereocenters. The third-order valence-electron chi connectivity index (χ3n) is 4.42. The Morgan fingerprint density at radius 3 is 2.61 bits per heavy atom. The first-order chi connectivity index (χ1) is 14.8. The van der Waals surface area contributed by atoms with Crippen LogP contribution in [0, 0.1) is 6.92 Å². The number of benzene rings is 2. The van der Waals surface area contributed by atoms with E-state index in [0.29, 0.717) is 26.8 Å². The highest BCUT2D eigenvalue weighted by Gasteiger charge is 2.34. The lowest BCUT2D eigenvalue weighted by atomic mass is 10.1. The van der Waals surface area contributed by atoms with Crippen molar-refractivity contribution in [3.63, 3.8) is 0 Å². The van der Waals surface area contributed by atoms with Crippen LogP contribution in [0.4, 0.5) is 0 Å². The number of esters is 1. The van der Waals surface area contributed by atoms with Crippen molar-refractivity contribution in [2.24, 2.45) is 4.99 Å². The SMILES string of the molecule is CCOC(=O)C1=C(O)/C(=C/c2ccc(OC)c(Cl)c2)SC1=NC(=O)c1ccccc1C. The average Bonchev–Trinajstić information content (AvgIpc) is 3.03. The van der Waals surface area contributed by atoms with Gasteiger partial charge in [0.15, 0.2) is 0 Å². The maximum Gasteiger partial charge on any atom is 0.344 e. The van der Waals surface area contributed by atoms with Crippen molar-refractivity contribution in [2.45, 2.75) is 13.8 Å². The van der Waals surface area contributed by atoms with E-state index in [4.69, 9.17) is 21.1 Å². The van der Waals surface area contributed by atoms with Crippen molar-refractivity contribution in [3.8, 4) is 5.75 Å². The Bertz CT molecular complexity index is 1140. The van der Waals surface area contributed by atoms with Gasteiger partial charge in [-0.3, -0.25) is 4.79 Å². The molecular weight excluding hydrogens is 438 g/mol. The molecule has 0 saturated carbocycles. The summed E-state index contributed by atoms with van der Waals surface area (Å²) >= 11 is 7.19. The number of aliphatic hydroxyl groups is 1. The number of aliphatic hydroxyl groups excluding tert-OH is 1. The molecule has 160 valence electrons. The number of ether oxygens (including phenoxy) is 2. The minimum absolute atomic E-state index is 0.0788. The zero-order valence-corrected chi connectivity index (χ0v) is 18.7. The second-order valence-corrected chi connectivity index (χ2v) is 7.92. The van der Waals surface area contributed by atoms with E-state index >= 15 is 0 Å². The molecule has 2 aromatic carbocycles. The molecule has 0 spiro atoms. The fourth-order valence-corrected chi connectivity index (χ4v) is 4.16. The molecule has 8 heteroatoms. The molecule has 1 amide bonds. The van der Waals surface area contributed by atoms with Gasteiger partial charge in [-0.25, -0.2) is 9.79 Å². The molecule has 0 bridgehead atoms. The van der Waals surface area contributed by atoms with Crippen LogP contribution in [0.15, 0.2) is 63.7 Å². The highest BCUT2D eigenvalue weighted by atomic mass is 35.5. The predicted molar refractivity (Wildman–Crippen MR) is 123 cm³/mol. The molecule has 1 N–H and O–H groups in total. The molecule has 0 saturated heterocycles. The highest BCUT2D eigenvalue weighted by molar-refractivity contribution is 8.18. The molecule has 31 heavy (non-hydrogen) atoms. The molecule has 1 aliphatic rings. The van der Waals surface area contributed by atoms with Gasteiger partial charge < -0.3 is 14.6 Å². The van der Waals surface area contributed by atoms with Gasteiger partial charge in [0.1, 0.15) is 22.1 Å². The van der Waals surface area contributed by atoms with E-state index in [2.05, 4.69) is 4.99 Å². The molecular formula is C23H20ClNO5S. The number of carbonyl (C=O) groups is 2. The van der Waals surface area contributed by atoms with E-state index in [1.165, 1.54) is 7.11 Å². The van der Waals surface area contributed by atoms with E-state index in [-0.39, 0.29) is 23.0 Å². The van der Waals surface area contributed by atoms with Gasteiger partial charge in [0, 0.05) is 5.56 Å². The maximum absolute atomic E-state index is 12.7. The van der Waals surface area contributed by atoms with Crippen molar-refractivity contribution < 1.29 is 24.2 Å². The maximum atomic E-state index is 12.7. The molecule has 0 aliphatic carbocycles. The van der Waals surface area contributed by atoms with Gasteiger partial charge in [0.25, 0.3) is 5.91 Å². The standard InChI is InChI=1S/C23H20ClNO5S/c1-4-30-23(28)19-20(26)18(12-14-9-10-17(29-3)16(24)11-14)31-22(19)25-21(27)15-8-6-5-7-13(15)2/h5-12,26H,4H2,1-3H3/b18-12-,25-22?. The lowest BCUT2D eigenvalue weighted by Gasteiger charge is -2.04. The smallest absolute Gasteiger partial charge is 0.344 e. The molecule has 0 fully saturated rings. The zero-order valence-electron chi connectivity index (χ0n) is 17.1. The Hall–Kier alpha value is -3.03. The third-order valence-corrected chi connectivity index (χ3v) is 5.74. The number of thioether (sulfide) groups is 1. The summed E-state index contributed by atoms with van der Waals surface area (Å²) < 4.78 is 10.2. The van der Waals surface area contributed by atoms with Crippen LogP contribution in [0.2, 0.25) is 5.02 Å². The average molecular weight is 458 g/mol. The van der Waals surface area contributed by atoms with Crippen LogP contribution in [0.3, 0.4) is 0 Å². The van der Waals surface area contributed by atoms with Crippen LogP contribution in [0.1, 0.15) is 28.4 Å². The fraction of sp³-hybridized carbons (Fsp3) is 0.174. The molecule has 1 heterocycles. The largest absolute Gasteiger partial charge is 0.506 e. The second-order valence-electron chi connectivity index (χ2n) is 6.49. The number of aliphatic imine (C=N–C) groups is 1. The van der Waals surface area contributed by atoms with E-state index in [1.54, 1.807) is 56.3 Å². The van der Waals surface area contributed by atoms with Crippen molar-refractivity contribution in [3.05, 3.63) is 80.4 Å². The number of rotatable bonds is 5.